The number of likely N-dealkylation sites (tertiary alicyclic amines) is 1. The number of hydrogen-bond donors (Lipinski definition) is 3. The molecule has 7 nitrogen and oxygen atoms in total. The van der Waals surface area contributed by atoms with Crippen molar-refractivity contribution in [1.82, 2.24) is 10.2 Å². The standard InChI is InChI=1S/C16H25N3O4/c1-19-10-13(8-14(19)11-20)18-16(21)17-12-4-3-5-15(9-12)23-7-6-22-2/h3-5,9,13-14,20H,6-8,10-11H2,1-2H3,(H2,17,18,21)/t13-,14+/m1/s1. The van der Waals surface area contributed by atoms with Crippen LogP contribution < -0.4 is 15.4 Å². The number of urea groups is 1. The number of benzene rings is 1. The second-order valence-corrected chi connectivity index (χ2v) is 5.68. The lowest BCUT2D eigenvalue weighted by molar-refractivity contribution is 0.146. The average molecular weight is 323 g/mol. The molecule has 1 aromatic rings. The molecule has 0 aromatic heterocycles. The fourth-order valence-electron chi connectivity index (χ4n) is 2.66. The summed E-state index contributed by atoms with van der Waals surface area (Å²) in [7, 11) is 3.56. The number of ether oxygens (including phenoxy) is 2. The Kier molecular flexibility index (Phi) is 6.64. The highest BCUT2D eigenvalue weighted by Gasteiger charge is 2.29. The molecule has 0 bridgehead atoms. The van der Waals surface area contributed by atoms with Crippen molar-refractivity contribution >= 4 is 11.7 Å². The van der Waals surface area contributed by atoms with E-state index in [0.29, 0.717) is 24.7 Å². The van der Waals surface area contributed by atoms with Crippen molar-refractivity contribution in [2.24, 2.45) is 0 Å². The van der Waals surface area contributed by atoms with Gasteiger partial charge in [-0.15, -0.1) is 0 Å². The Balaban J connectivity index is 1.82. The number of carbonyl (C=O) groups excluding carboxylic acids is 1. The fourth-order valence-corrected chi connectivity index (χ4v) is 2.66. The molecule has 1 aliphatic heterocycles. The van der Waals surface area contributed by atoms with Gasteiger partial charge in [0, 0.05) is 37.5 Å². The van der Waals surface area contributed by atoms with E-state index in [4.69, 9.17) is 9.47 Å². The van der Waals surface area contributed by atoms with Gasteiger partial charge in [0.15, 0.2) is 0 Å². The lowest BCUT2D eigenvalue weighted by Crippen LogP contribution is -2.39. The molecule has 1 fully saturated rings. The van der Waals surface area contributed by atoms with Gasteiger partial charge in [0.1, 0.15) is 12.4 Å². The van der Waals surface area contributed by atoms with Crippen molar-refractivity contribution < 1.29 is 19.4 Å². The number of aliphatic hydroxyl groups is 1. The highest BCUT2D eigenvalue weighted by Crippen LogP contribution is 2.18. The Morgan fingerprint density at radius 3 is 2.96 bits per heavy atom. The normalized spacial score (nSPS) is 21.2. The van der Waals surface area contributed by atoms with Gasteiger partial charge in [-0.3, -0.25) is 4.90 Å². The Hall–Kier alpha value is -1.83. The maximum atomic E-state index is 12.1. The molecule has 0 aliphatic carbocycles. The Labute approximate surface area is 136 Å². The Morgan fingerprint density at radius 2 is 2.26 bits per heavy atom. The predicted molar refractivity (Wildman–Crippen MR) is 87.9 cm³/mol. The van der Waals surface area contributed by atoms with Crippen LogP contribution in [0.4, 0.5) is 10.5 Å². The minimum Gasteiger partial charge on any atom is -0.491 e. The van der Waals surface area contributed by atoms with Crippen LogP contribution in [0.2, 0.25) is 0 Å². The van der Waals surface area contributed by atoms with Gasteiger partial charge in [0.2, 0.25) is 0 Å². The third-order valence-corrected chi connectivity index (χ3v) is 3.88. The highest BCUT2D eigenvalue weighted by atomic mass is 16.5. The summed E-state index contributed by atoms with van der Waals surface area (Å²) in [4.78, 5) is 14.1. The van der Waals surface area contributed by atoms with E-state index >= 15 is 0 Å². The van der Waals surface area contributed by atoms with Crippen LogP contribution in [0.3, 0.4) is 0 Å². The molecule has 2 atom stereocenters. The van der Waals surface area contributed by atoms with Crippen LogP contribution in [0.25, 0.3) is 0 Å². The van der Waals surface area contributed by atoms with E-state index in [9.17, 15) is 9.90 Å². The zero-order valence-electron chi connectivity index (χ0n) is 13.6. The maximum absolute atomic E-state index is 12.1. The van der Waals surface area contributed by atoms with E-state index in [2.05, 4.69) is 15.5 Å². The van der Waals surface area contributed by atoms with E-state index in [0.717, 1.165) is 13.0 Å². The van der Waals surface area contributed by atoms with Gasteiger partial charge < -0.3 is 25.2 Å². The molecule has 3 N–H and O–H groups in total. The molecule has 0 radical (unpaired) electrons. The van der Waals surface area contributed by atoms with Crippen LogP contribution in [-0.4, -0.2) is 68.6 Å². The summed E-state index contributed by atoms with van der Waals surface area (Å²) >= 11 is 0. The molecule has 0 saturated carbocycles. The summed E-state index contributed by atoms with van der Waals surface area (Å²) in [5.74, 6) is 0.681. The zero-order valence-corrected chi connectivity index (χ0v) is 13.6. The third-order valence-electron chi connectivity index (χ3n) is 3.88. The third kappa shape index (κ3) is 5.38. The zero-order chi connectivity index (χ0) is 16.7. The van der Waals surface area contributed by atoms with Crippen LogP contribution in [0.1, 0.15) is 6.42 Å². The molecule has 2 rings (SSSR count). The van der Waals surface area contributed by atoms with Crippen LogP contribution in [0, 0.1) is 0 Å². The predicted octanol–water partition coefficient (Wildman–Crippen LogP) is 0.898. The first-order chi connectivity index (χ1) is 11.1. The van der Waals surface area contributed by atoms with E-state index in [1.165, 1.54) is 0 Å². The van der Waals surface area contributed by atoms with Crippen LogP contribution in [0.5, 0.6) is 5.75 Å². The first-order valence-electron chi connectivity index (χ1n) is 7.72. The van der Waals surface area contributed by atoms with E-state index in [1.807, 2.05) is 19.2 Å². The number of nitrogens with one attached hydrogen (secondary N) is 2. The molecule has 7 heteroatoms. The van der Waals surface area contributed by atoms with Crippen LogP contribution in [-0.2, 0) is 4.74 Å². The van der Waals surface area contributed by atoms with Gasteiger partial charge in [0.25, 0.3) is 0 Å². The quantitative estimate of drug-likeness (QED) is 0.649. The first kappa shape index (κ1) is 17.5. The number of methoxy groups -OCH3 is 1. The minimum absolute atomic E-state index is 0.0401. The number of amides is 2. The van der Waals surface area contributed by atoms with Gasteiger partial charge in [-0.05, 0) is 25.6 Å². The van der Waals surface area contributed by atoms with Crippen molar-refractivity contribution in [1.29, 1.82) is 0 Å². The summed E-state index contributed by atoms with van der Waals surface area (Å²) in [6, 6.07) is 7.12. The fraction of sp³-hybridized carbons (Fsp3) is 0.562. The maximum Gasteiger partial charge on any atom is 0.319 e. The van der Waals surface area contributed by atoms with Crippen LogP contribution in [0.15, 0.2) is 24.3 Å². The van der Waals surface area contributed by atoms with Crippen LogP contribution >= 0.6 is 0 Å². The molecule has 1 aromatic carbocycles. The van der Waals surface area contributed by atoms with Crippen molar-refractivity contribution in [2.75, 3.05) is 45.8 Å². The van der Waals surface area contributed by atoms with Gasteiger partial charge >= 0.3 is 6.03 Å². The lowest BCUT2D eigenvalue weighted by atomic mass is 10.2. The minimum atomic E-state index is -0.254. The second-order valence-electron chi connectivity index (χ2n) is 5.68. The Morgan fingerprint density at radius 1 is 1.43 bits per heavy atom. The topological polar surface area (TPSA) is 83.1 Å². The summed E-state index contributed by atoms with van der Waals surface area (Å²) in [6.07, 6.45) is 0.751. The molecular weight excluding hydrogens is 298 g/mol. The second kappa shape index (κ2) is 8.71. The van der Waals surface area contributed by atoms with Crippen molar-refractivity contribution in [2.45, 2.75) is 18.5 Å². The van der Waals surface area contributed by atoms with E-state index < -0.39 is 0 Å². The van der Waals surface area contributed by atoms with Crippen molar-refractivity contribution in [3.63, 3.8) is 0 Å². The number of hydrogen-bond acceptors (Lipinski definition) is 5. The molecule has 1 heterocycles. The van der Waals surface area contributed by atoms with Gasteiger partial charge in [-0.25, -0.2) is 4.79 Å². The monoisotopic (exact) mass is 323 g/mol. The summed E-state index contributed by atoms with van der Waals surface area (Å²) in [5.41, 5.74) is 0.669. The van der Waals surface area contributed by atoms with Gasteiger partial charge in [-0.1, -0.05) is 6.07 Å². The lowest BCUT2D eigenvalue weighted by Gasteiger charge is -2.15. The smallest absolute Gasteiger partial charge is 0.319 e. The molecular formula is C16H25N3O4. The molecule has 1 aliphatic rings. The SMILES string of the molecule is COCCOc1cccc(NC(=O)N[C@@H]2C[C@@H](CO)N(C)C2)c1. The molecule has 2 amide bonds. The average Bonchev–Trinajstić information content (AvgIpc) is 2.87. The van der Waals surface area contributed by atoms with Crippen molar-refractivity contribution in [3.05, 3.63) is 24.3 Å². The number of rotatable bonds is 7. The number of aliphatic hydroxyl groups excluding tert-OH is 1. The number of nitrogens with zero attached hydrogens (tertiary/aromatic N) is 1. The first-order valence-corrected chi connectivity index (χ1v) is 7.72. The number of anilines is 1. The summed E-state index contributed by atoms with van der Waals surface area (Å²) in [6.45, 7) is 1.82. The number of carbonyl (C=O) groups is 1. The number of likely N-dealkylation sites (N-methyl/N-ethyl adjacent to an activating group) is 1. The van der Waals surface area contributed by atoms with E-state index in [1.54, 1.807) is 19.2 Å². The van der Waals surface area contributed by atoms with Gasteiger partial charge in [-0.2, -0.15) is 0 Å². The Bertz CT molecular complexity index is 512. The highest BCUT2D eigenvalue weighted by molar-refractivity contribution is 5.89. The van der Waals surface area contributed by atoms with Crippen molar-refractivity contribution in [3.8, 4) is 5.75 Å². The largest absolute Gasteiger partial charge is 0.491 e. The molecule has 128 valence electrons. The molecule has 0 unspecified atom stereocenters. The van der Waals surface area contributed by atoms with E-state index in [-0.39, 0.29) is 24.7 Å². The molecule has 0 spiro atoms. The summed E-state index contributed by atoms with van der Waals surface area (Å²) in [5, 5.41) is 15.0. The molecule has 23 heavy (non-hydrogen) atoms. The van der Waals surface area contributed by atoms with Gasteiger partial charge in [0.05, 0.1) is 13.2 Å². The molecule has 1 saturated heterocycles. The summed E-state index contributed by atoms with van der Waals surface area (Å²) < 4.78 is 10.4.